The van der Waals surface area contributed by atoms with Gasteiger partial charge in [0.25, 0.3) is 11.5 Å². The van der Waals surface area contributed by atoms with E-state index >= 15 is 0 Å². The first-order valence-corrected chi connectivity index (χ1v) is 9.05. The Kier molecular flexibility index (Phi) is 4.30. The fourth-order valence-electron chi connectivity index (χ4n) is 4.20. The third-order valence-electron chi connectivity index (χ3n) is 5.56. The van der Waals surface area contributed by atoms with Gasteiger partial charge in [0.05, 0.1) is 18.4 Å². The highest BCUT2D eigenvalue weighted by Gasteiger charge is 2.41. The summed E-state index contributed by atoms with van der Waals surface area (Å²) in [6.07, 6.45) is 1.59. The number of rotatable bonds is 2. The predicted octanol–water partition coefficient (Wildman–Crippen LogP) is 1.67. The van der Waals surface area contributed by atoms with Gasteiger partial charge in [-0.2, -0.15) is 0 Å². The molecule has 2 aliphatic rings. The number of fused-ring (bicyclic) bond motifs is 3. The number of H-pyrrole nitrogens is 1. The van der Waals surface area contributed by atoms with Crippen LogP contribution in [0.25, 0.3) is 0 Å². The summed E-state index contributed by atoms with van der Waals surface area (Å²) in [6, 6.07) is 6.50. The number of likely N-dealkylation sites (tertiary alicyclic amines) is 1. The molecule has 2 atom stereocenters. The van der Waals surface area contributed by atoms with Crippen LogP contribution < -0.4 is 5.56 Å². The van der Waals surface area contributed by atoms with E-state index in [9.17, 15) is 14.4 Å². The van der Waals surface area contributed by atoms with Crippen molar-refractivity contribution >= 4 is 11.9 Å². The maximum absolute atomic E-state index is 12.9. The van der Waals surface area contributed by atoms with E-state index in [-0.39, 0.29) is 17.4 Å². The number of hydrogen-bond acceptors (Lipinski definition) is 5. The normalized spacial score (nSPS) is 20.7. The summed E-state index contributed by atoms with van der Waals surface area (Å²) in [6.45, 7) is 3.01. The molecule has 1 aromatic heterocycles. The van der Waals surface area contributed by atoms with Crippen molar-refractivity contribution in [2.75, 3.05) is 20.2 Å². The van der Waals surface area contributed by atoms with Crippen LogP contribution in [0.15, 0.2) is 29.1 Å². The molecule has 0 radical (unpaired) electrons. The van der Waals surface area contributed by atoms with Crippen LogP contribution in [-0.2, 0) is 11.2 Å². The van der Waals surface area contributed by atoms with E-state index in [0.29, 0.717) is 42.4 Å². The van der Waals surface area contributed by atoms with Crippen LogP contribution in [0, 0.1) is 12.8 Å². The van der Waals surface area contributed by atoms with Crippen molar-refractivity contribution in [3.63, 3.8) is 0 Å². The number of amides is 1. The Morgan fingerprint density at radius 3 is 2.59 bits per heavy atom. The van der Waals surface area contributed by atoms with Gasteiger partial charge in [0.2, 0.25) is 0 Å². The number of carbonyl (C=O) groups excluding carboxylic acids is 2. The first-order valence-electron chi connectivity index (χ1n) is 9.05. The second-order valence-corrected chi connectivity index (χ2v) is 7.20. The number of methoxy groups -OCH3 is 1. The van der Waals surface area contributed by atoms with Gasteiger partial charge in [-0.25, -0.2) is 9.78 Å². The summed E-state index contributed by atoms with van der Waals surface area (Å²) >= 11 is 0. The summed E-state index contributed by atoms with van der Waals surface area (Å²) in [7, 11) is 1.33. The van der Waals surface area contributed by atoms with E-state index in [1.54, 1.807) is 31.2 Å². The molecular weight excluding hydrogens is 346 g/mol. The van der Waals surface area contributed by atoms with Crippen molar-refractivity contribution in [2.24, 2.45) is 5.92 Å². The smallest absolute Gasteiger partial charge is 0.337 e. The van der Waals surface area contributed by atoms with E-state index in [2.05, 4.69) is 14.7 Å². The first kappa shape index (κ1) is 17.5. The number of aryl methyl sites for hydroxylation is 1. The maximum Gasteiger partial charge on any atom is 0.337 e. The van der Waals surface area contributed by atoms with Crippen molar-refractivity contribution in [1.82, 2.24) is 14.9 Å². The van der Waals surface area contributed by atoms with Crippen LogP contribution in [0.3, 0.4) is 0 Å². The molecule has 7 nitrogen and oxygen atoms in total. The van der Waals surface area contributed by atoms with E-state index < -0.39 is 5.97 Å². The molecule has 1 aliphatic heterocycles. The molecule has 4 rings (SSSR count). The Bertz CT molecular complexity index is 964. The third-order valence-corrected chi connectivity index (χ3v) is 5.56. The van der Waals surface area contributed by atoms with Gasteiger partial charge in [-0.05, 0) is 49.9 Å². The standard InChI is InChI=1S/C20H21N3O4/c1-11-21-17-15(18(24)22-11)8-7-14-9-23(10-16(14)17)19(25)12-3-5-13(6-4-12)20(26)27-2/h3-6,14,16H,7-10H2,1-2H3,(H,21,22,24)/t14-,16+/m1/s1. The van der Waals surface area contributed by atoms with Gasteiger partial charge in [0.15, 0.2) is 0 Å². The maximum atomic E-state index is 12.9. The minimum absolute atomic E-state index is 0.0564. The lowest BCUT2D eigenvalue weighted by molar-refractivity contribution is 0.0600. The minimum Gasteiger partial charge on any atom is -0.465 e. The molecular formula is C20H21N3O4. The van der Waals surface area contributed by atoms with Crippen molar-refractivity contribution in [3.05, 3.63) is 62.8 Å². The largest absolute Gasteiger partial charge is 0.465 e. The molecule has 1 N–H and O–H groups in total. The quantitative estimate of drug-likeness (QED) is 0.815. The summed E-state index contributed by atoms with van der Waals surface area (Å²) in [5.74, 6) is 0.550. The molecule has 0 bridgehead atoms. The van der Waals surface area contributed by atoms with Gasteiger partial charge in [-0.1, -0.05) is 0 Å². The molecule has 1 aromatic carbocycles. The number of aromatic nitrogens is 2. The van der Waals surface area contributed by atoms with Crippen LogP contribution in [0.4, 0.5) is 0 Å². The monoisotopic (exact) mass is 367 g/mol. The number of ether oxygens (including phenoxy) is 1. The Labute approximate surface area is 156 Å². The van der Waals surface area contributed by atoms with Crippen molar-refractivity contribution < 1.29 is 14.3 Å². The molecule has 0 spiro atoms. The fourth-order valence-corrected chi connectivity index (χ4v) is 4.20. The summed E-state index contributed by atoms with van der Waals surface area (Å²) in [5, 5.41) is 0. The summed E-state index contributed by atoms with van der Waals surface area (Å²) < 4.78 is 4.68. The predicted molar refractivity (Wildman–Crippen MR) is 97.8 cm³/mol. The number of carbonyl (C=O) groups is 2. The molecule has 7 heteroatoms. The Morgan fingerprint density at radius 1 is 1.19 bits per heavy atom. The number of benzene rings is 1. The summed E-state index contributed by atoms with van der Waals surface area (Å²) in [5.41, 5.74) is 2.51. The number of esters is 1. The number of aromatic amines is 1. The molecule has 1 aliphatic carbocycles. The molecule has 1 saturated heterocycles. The topological polar surface area (TPSA) is 92.4 Å². The van der Waals surface area contributed by atoms with Crippen molar-refractivity contribution in [3.8, 4) is 0 Å². The zero-order chi connectivity index (χ0) is 19.1. The lowest BCUT2D eigenvalue weighted by atomic mass is 9.80. The Hall–Kier alpha value is -2.96. The van der Waals surface area contributed by atoms with Gasteiger partial charge in [0.1, 0.15) is 5.82 Å². The van der Waals surface area contributed by atoms with Crippen LogP contribution in [0.2, 0.25) is 0 Å². The van der Waals surface area contributed by atoms with E-state index in [0.717, 1.165) is 17.7 Å². The molecule has 140 valence electrons. The van der Waals surface area contributed by atoms with E-state index in [1.165, 1.54) is 7.11 Å². The van der Waals surface area contributed by atoms with Gasteiger partial charge in [-0.15, -0.1) is 0 Å². The molecule has 0 unspecified atom stereocenters. The van der Waals surface area contributed by atoms with Crippen LogP contribution in [0.1, 0.15) is 50.1 Å². The SMILES string of the molecule is COC(=O)c1ccc(C(=O)N2C[C@H]3CCc4c(nc(C)[nH]c4=O)[C@H]3C2)cc1. The lowest BCUT2D eigenvalue weighted by Gasteiger charge is -2.25. The number of nitrogens with zero attached hydrogens (tertiary/aromatic N) is 2. The van der Waals surface area contributed by atoms with Gasteiger partial charge < -0.3 is 14.6 Å². The highest BCUT2D eigenvalue weighted by Crippen LogP contribution is 2.39. The van der Waals surface area contributed by atoms with Crippen molar-refractivity contribution in [1.29, 1.82) is 0 Å². The summed E-state index contributed by atoms with van der Waals surface area (Å²) in [4.78, 5) is 45.8. The highest BCUT2D eigenvalue weighted by atomic mass is 16.5. The average Bonchev–Trinajstić information content (AvgIpc) is 3.11. The van der Waals surface area contributed by atoms with Crippen LogP contribution >= 0.6 is 0 Å². The number of hydrogen-bond donors (Lipinski definition) is 1. The first-order chi connectivity index (χ1) is 13.0. The Morgan fingerprint density at radius 2 is 1.89 bits per heavy atom. The fraction of sp³-hybridized carbons (Fsp3) is 0.400. The second kappa shape index (κ2) is 6.64. The molecule has 2 aromatic rings. The molecule has 2 heterocycles. The second-order valence-electron chi connectivity index (χ2n) is 7.20. The van der Waals surface area contributed by atoms with E-state index in [4.69, 9.17) is 0 Å². The average molecular weight is 367 g/mol. The number of nitrogens with one attached hydrogen (secondary N) is 1. The Balaban J connectivity index is 1.56. The zero-order valence-corrected chi connectivity index (χ0v) is 15.3. The lowest BCUT2D eigenvalue weighted by Crippen LogP contribution is -2.29. The highest BCUT2D eigenvalue weighted by molar-refractivity contribution is 5.96. The van der Waals surface area contributed by atoms with Crippen molar-refractivity contribution in [2.45, 2.75) is 25.7 Å². The van der Waals surface area contributed by atoms with E-state index in [1.807, 2.05) is 4.90 Å². The van der Waals surface area contributed by atoms with Crippen LogP contribution in [0.5, 0.6) is 0 Å². The molecule has 0 saturated carbocycles. The zero-order valence-electron chi connectivity index (χ0n) is 15.3. The minimum atomic E-state index is -0.426. The van der Waals surface area contributed by atoms with Gasteiger partial charge >= 0.3 is 5.97 Å². The van der Waals surface area contributed by atoms with Gasteiger partial charge in [-0.3, -0.25) is 9.59 Å². The molecule has 1 fully saturated rings. The molecule has 1 amide bonds. The van der Waals surface area contributed by atoms with Gasteiger partial charge in [0, 0.05) is 30.1 Å². The third kappa shape index (κ3) is 3.03. The van der Waals surface area contributed by atoms with Crippen LogP contribution in [-0.4, -0.2) is 46.9 Å². The molecule has 27 heavy (non-hydrogen) atoms.